The van der Waals surface area contributed by atoms with Gasteiger partial charge in [0.1, 0.15) is 5.75 Å². The Morgan fingerprint density at radius 3 is 2.67 bits per heavy atom. The van der Waals surface area contributed by atoms with Gasteiger partial charge in [-0.05, 0) is 43.7 Å². The molecule has 1 N–H and O–H groups in total. The van der Waals surface area contributed by atoms with Crippen LogP contribution in [-0.4, -0.2) is 28.4 Å². The Bertz CT molecular complexity index is 909. The summed E-state index contributed by atoms with van der Waals surface area (Å²) in [4.78, 5) is 16.8. The summed E-state index contributed by atoms with van der Waals surface area (Å²) in [7, 11) is 1.61. The molecule has 7 heteroatoms. The van der Waals surface area contributed by atoms with Crippen molar-refractivity contribution >= 4 is 23.4 Å². The van der Waals surface area contributed by atoms with Crippen LogP contribution in [0, 0.1) is 6.92 Å². The minimum atomic E-state index is -0.263. The first-order chi connectivity index (χ1) is 13.1. The van der Waals surface area contributed by atoms with E-state index in [4.69, 9.17) is 9.26 Å². The van der Waals surface area contributed by atoms with Crippen molar-refractivity contribution in [3.8, 4) is 17.1 Å². The lowest BCUT2D eigenvalue weighted by Gasteiger charge is -2.11. The van der Waals surface area contributed by atoms with Gasteiger partial charge in [-0.3, -0.25) is 4.79 Å². The lowest BCUT2D eigenvalue weighted by molar-refractivity contribution is -0.115. The highest BCUT2D eigenvalue weighted by Crippen LogP contribution is 2.23. The Labute approximate surface area is 162 Å². The van der Waals surface area contributed by atoms with Crippen LogP contribution in [0.1, 0.15) is 18.4 Å². The zero-order valence-electron chi connectivity index (χ0n) is 15.4. The fourth-order valence-corrected chi connectivity index (χ4v) is 3.16. The van der Waals surface area contributed by atoms with Crippen LogP contribution in [0.3, 0.4) is 0 Å². The minimum absolute atomic E-state index is 0.0798. The number of hydrogen-bond acceptors (Lipinski definition) is 6. The topological polar surface area (TPSA) is 77.2 Å². The van der Waals surface area contributed by atoms with Crippen LogP contribution in [-0.2, 0) is 10.5 Å². The molecule has 1 amide bonds. The van der Waals surface area contributed by atoms with Crippen molar-refractivity contribution in [2.75, 3.05) is 12.4 Å². The second-order valence-electron chi connectivity index (χ2n) is 6.00. The monoisotopic (exact) mass is 383 g/mol. The molecule has 2 aromatic carbocycles. The third kappa shape index (κ3) is 4.89. The van der Waals surface area contributed by atoms with Crippen molar-refractivity contribution in [2.45, 2.75) is 24.9 Å². The normalized spacial score (nSPS) is 11.8. The second-order valence-corrected chi connectivity index (χ2v) is 7.33. The zero-order valence-corrected chi connectivity index (χ0v) is 16.2. The van der Waals surface area contributed by atoms with Crippen LogP contribution in [0.15, 0.2) is 53.1 Å². The molecule has 0 spiro atoms. The number of anilines is 1. The maximum Gasteiger partial charge on any atom is 0.237 e. The summed E-state index contributed by atoms with van der Waals surface area (Å²) in [5.74, 6) is 2.21. The number of aryl methyl sites for hydroxylation is 1. The third-order valence-electron chi connectivity index (χ3n) is 4.04. The van der Waals surface area contributed by atoms with Gasteiger partial charge < -0.3 is 14.6 Å². The smallest absolute Gasteiger partial charge is 0.237 e. The van der Waals surface area contributed by atoms with Crippen LogP contribution >= 0.6 is 11.8 Å². The maximum absolute atomic E-state index is 12.3. The highest BCUT2D eigenvalue weighted by molar-refractivity contribution is 7.99. The van der Waals surface area contributed by atoms with Crippen molar-refractivity contribution in [1.82, 2.24) is 10.1 Å². The lowest BCUT2D eigenvalue weighted by Crippen LogP contribution is -2.22. The average Bonchev–Trinajstić information content (AvgIpc) is 3.15. The third-order valence-corrected chi connectivity index (χ3v) is 5.17. The summed E-state index contributed by atoms with van der Waals surface area (Å²) in [6, 6.07) is 15.1. The van der Waals surface area contributed by atoms with E-state index in [9.17, 15) is 4.79 Å². The highest BCUT2D eigenvalue weighted by atomic mass is 32.2. The van der Waals surface area contributed by atoms with Crippen molar-refractivity contribution in [3.05, 3.63) is 60.0 Å². The Hall–Kier alpha value is -2.80. The quantitative estimate of drug-likeness (QED) is 0.655. The number of nitrogens with zero attached hydrogens (tertiary/aromatic N) is 2. The fraction of sp³-hybridized carbons (Fsp3) is 0.250. The van der Waals surface area contributed by atoms with Gasteiger partial charge in [-0.2, -0.15) is 4.98 Å². The number of methoxy groups -OCH3 is 1. The van der Waals surface area contributed by atoms with Crippen molar-refractivity contribution in [2.24, 2.45) is 0 Å². The van der Waals surface area contributed by atoms with E-state index < -0.39 is 0 Å². The molecule has 0 fully saturated rings. The predicted octanol–water partition coefficient (Wildman–Crippen LogP) is 4.31. The van der Waals surface area contributed by atoms with E-state index in [2.05, 4.69) is 15.5 Å². The van der Waals surface area contributed by atoms with Gasteiger partial charge >= 0.3 is 0 Å². The Balaban J connectivity index is 1.55. The van der Waals surface area contributed by atoms with Crippen LogP contribution in [0.5, 0.6) is 5.75 Å². The number of aromatic nitrogens is 2. The highest BCUT2D eigenvalue weighted by Gasteiger charge is 2.17. The number of rotatable bonds is 7. The Kier molecular flexibility index (Phi) is 6.13. The van der Waals surface area contributed by atoms with E-state index in [0.29, 0.717) is 17.5 Å². The molecule has 0 bridgehead atoms. The Morgan fingerprint density at radius 1 is 1.22 bits per heavy atom. The molecular formula is C20H21N3O3S. The lowest BCUT2D eigenvalue weighted by atomic mass is 10.1. The SMILES string of the molecule is COc1ccc(NC(=O)[C@@H](C)SCc2nc(-c3ccccc3C)no2)cc1. The van der Waals surface area contributed by atoms with E-state index in [-0.39, 0.29) is 11.2 Å². The summed E-state index contributed by atoms with van der Waals surface area (Å²) in [5.41, 5.74) is 2.76. The summed E-state index contributed by atoms with van der Waals surface area (Å²) >= 11 is 1.44. The van der Waals surface area contributed by atoms with E-state index >= 15 is 0 Å². The molecule has 0 aliphatic rings. The number of amides is 1. The van der Waals surface area contributed by atoms with Crippen molar-refractivity contribution < 1.29 is 14.1 Å². The number of ether oxygens (including phenoxy) is 1. The molecule has 1 atom stereocenters. The summed E-state index contributed by atoms with van der Waals surface area (Å²) < 4.78 is 10.4. The number of carbonyl (C=O) groups excluding carboxylic acids is 1. The molecule has 27 heavy (non-hydrogen) atoms. The van der Waals surface area contributed by atoms with Crippen LogP contribution < -0.4 is 10.1 Å². The molecular weight excluding hydrogens is 362 g/mol. The maximum atomic E-state index is 12.3. The van der Waals surface area contributed by atoms with E-state index in [1.54, 1.807) is 31.4 Å². The van der Waals surface area contributed by atoms with Crippen LogP contribution in [0.25, 0.3) is 11.4 Å². The van der Waals surface area contributed by atoms with Gasteiger partial charge in [0.2, 0.25) is 17.6 Å². The number of benzene rings is 2. The van der Waals surface area contributed by atoms with Gasteiger partial charge in [-0.15, -0.1) is 11.8 Å². The van der Waals surface area contributed by atoms with Gasteiger partial charge in [0.25, 0.3) is 0 Å². The molecule has 0 aliphatic heterocycles. The van der Waals surface area contributed by atoms with Crippen LogP contribution in [0.4, 0.5) is 5.69 Å². The van der Waals surface area contributed by atoms with Gasteiger partial charge in [0.05, 0.1) is 18.1 Å². The van der Waals surface area contributed by atoms with E-state index in [0.717, 1.165) is 22.6 Å². The molecule has 0 saturated heterocycles. The summed E-state index contributed by atoms with van der Waals surface area (Å²) in [5, 5.41) is 6.67. The van der Waals surface area contributed by atoms with Crippen molar-refractivity contribution in [1.29, 1.82) is 0 Å². The van der Waals surface area contributed by atoms with Gasteiger partial charge in [-0.25, -0.2) is 0 Å². The molecule has 0 radical (unpaired) electrons. The van der Waals surface area contributed by atoms with E-state index in [1.807, 2.05) is 38.1 Å². The molecule has 0 unspecified atom stereocenters. The molecule has 0 saturated carbocycles. The molecule has 3 rings (SSSR count). The first-order valence-electron chi connectivity index (χ1n) is 8.52. The number of carbonyl (C=O) groups is 1. The fourth-order valence-electron chi connectivity index (χ4n) is 2.44. The number of nitrogens with one attached hydrogen (secondary N) is 1. The zero-order chi connectivity index (χ0) is 19.2. The molecule has 140 valence electrons. The number of hydrogen-bond donors (Lipinski definition) is 1. The van der Waals surface area contributed by atoms with Crippen molar-refractivity contribution in [3.63, 3.8) is 0 Å². The second kappa shape index (κ2) is 8.73. The predicted molar refractivity (Wildman–Crippen MR) is 107 cm³/mol. The summed E-state index contributed by atoms with van der Waals surface area (Å²) in [6.45, 7) is 3.86. The Morgan fingerprint density at radius 2 is 1.96 bits per heavy atom. The van der Waals surface area contributed by atoms with Crippen LogP contribution in [0.2, 0.25) is 0 Å². The standard InChI is InChI=1S/C20H21N3O3S/c1-13-6-4-5-7-17(13)19-22-18(26-23-19)12-27-14(2)20(24)21-15-8-10-16(25-3)11-9-15/h4-11,14H,12H2,1-3H3,(H,21,24)/t14-/m1/s1. The largest absolute Gasteiger partial charge is 0.497 e. The molecule has 1 heterocycles. The van der Waals surface area contributed by atoms with Gasteiger partial charge in [0, 0.05) is 11.3 Å². The van der Waals surface area contributed by atoms with Gasteiger partial charge in [-0.1, -0.05) is 29.4 Å². The molecule has 3 aromatic rings. The summed E-state index contributed by atoms with van der Waals surface area (Å²) in [6.07, 6.45) is 0. The minimum Gasteiger partial charge on any atom is -0.497 e. The number of thioether (sulfide) groups is 1. The first-order valence-corrected chi connectivity index (χ1v) is 9.57. The molecule has 1 aromatic heterocycles. The average molecular weight is 383 g/mol. The molecule has 6 nitrogen and oxygen atoms in total. The van der Waals surface area contributed by atoms with E-state index in [1.165, 1.54) is 11.8 Å². The van der Waals surface area contributed by atoms with Gasteiger partial charge in [0.15, 0.2) is 0 Å². The molecule has 0 aliphatic carbocycles. The first kappa shape index (κ1) is 19.0.